The first-order chi connectivity index (χ1) is 13.6. The van der Waals surface area contributed by atoms with Gasteiger partial charge < -0.3 is 15.5 Å². The molecule has 3 aromatic rings. The number of rotatable bonds is 5. The fraction of sp³-hybridized carbons (Fsp3) is 0.182. The van der Waals surface area contributed by atoms with E-state index in [1.165, 1.54) is 0 Å². The van der Waals surface area contributed by atoms with E-state index in [2.05, 4.69) is 21.2 Å². The van der Waals surface area contributed by atoms with Crippen LogP contribution < -0.4 is 15.9 Å². The molecule has 2 heterocycles. The standard InChI is InChI=1S/C22H22N4O2/c1-14-16(10-15-6-2-5-9-21(15)28-14)13-25-26-22(27)19(23)11-17-12-24-20-8-4-3-7-18(17)20/h2-10,12-14,19,24H,11,23H2,1H3,(H,26,27)/p+1/b25-13-/t14-,19-/m0/s1. The minimum atomic E-state index is -0.439. The number of para-hydroxylation sites is 2. The van der Waals surface area contributed by atoms with Crippen molar-refractivity contribution in [2.45, 2.75) is 25.5 Å². The van der Waals surface area contributed by atoms with Crippen LogP contribution in [0, 0.1) is 0 Å². The number of nitrogens with zero attached hydrogens (tertiary/aromatic N) is 1. The van der Waals surface area contributed by atoms with Crippen LogP contribution in [0.5, 0.6) is 5.75 Å². The average molecular weight is 375 g/mol. The predicted molar refractivity (Wildman–Crippen MR) is 110 cm³/mol. The molecule has 0 spiro atoms. The van der Waals surface area contributed by atoms with Gasteiger partial charge in [0.1, 0.15) is 11.9 Å². The monoisotopic (exact) mass is 375 g/mol. The maximum Gasteiger partial charge on any atom is 0.298 e. The number of nitrogens with one attached hydrogen (secondary N) is 2. The third kappa shape index (κ3) is 3.68. The summed E-state index contributed by atoms with van der Waals surface area (Å²) < 4.78 is 5.87. The third-order valence-electron chi connectivity index (χ3n) is 4.91. The Kier molecular flexibility index (Phi) is 4.95. The first-order valence-corrected chi connectivity index (χ1v) is 9.30. The fourth-order valence-electron chi connectivity index (χ4n) is 3.33. The van der Waals surface area contributed by atoms with Crippen molar-refractivity contribution < 1.29 is 15.3 Å². The zero-order valence-corrected chi connectivity index (χ0v) is 15.7. The van der Waals surface area contributed by atoms with Crippen LogP contribution >= 0.6 is 0 Å². The van der Waals surface area contributed by atoms with Gasteiger partial charge in [-0.25, -0.2) is 5.43 Å². The molecule has 1 aromatic heterocycles. The second-order valence-electron chi connectivity index (χ2n) is 6.94. The zero-order chi connectivity index (χ0) is 19.5. The van der Waals surface area contributed by atoms with Gasteiger partial charge >= 0.3 is 0 Å². The Morgan fingerprint density at radius 1 is 1.29 bits per heavy atom. The molecule has 4 rings (SSSR count). The Bertz CT molecular complexity index is 1070. The number of amides is 1. The molecule has 1 aliphatic heterocycles. The molecule has 1 amide bonds. The van der Waals surface area contributed by atoms with Gasteiger partial charge in [-0.05, 0) is 30.7 Å². The van der Waals surface area contributed by atoms with Crippen molar-refractivity contribution in [2.24, 2.45) is 5.10 Å². The number of quaternary nitrogens is 1. The molecule has 142 valence electrons. The zero-order valence-electron chi connectivity index (χ0n) is 15.7. The van der Waals surface area contributed by atoms with E-state index in [0.717, 1.165) is 33.4 Å². The predicted octanol–water partition coefficient (Wildman–Crippen LogP) is 2.29. The minimum Gasteiger partial charge on any atom is -0.485 e. The van der Waals surface area contributed by atoms with E-state index in [-0.39, 0.29) is 12.0 Å². The van der Waals surface area contributed by atoms with Crippen LogP contribution in [-0.4, -0.2) is 29.3 Å². The number of aromatic amines is 1. The maximum absolute atomic E-state index is 12.4. The Balaban J connectivity index is 1.39. The number of benzene rings is 2. The molecule has 0 bridgehead atoms. The molecule has 0 fully saturated rings. The molecule has 6 nitrogen and oxygen atoms in total. The average Bonchev–Trinajstić information content (AvgIpc) is 3.11. The van der Waals surface area contributed by atoms with Gasteiger partial charge in [0.05, 0.1) is 6.21 Å². The summed E-state index contributed by atoms with van der Waals surface area (Å²) >= 11 is 0. The lowest BCUT2D eigenvalue weighted by atomic mass is 10.0. The van der Waals surface area contributed by atoms with Crippen LogP contribution in [0.1, 0.15) is 18.1 Å². The summed E-state index contributed by atoms with van der Waals surface area (Å²) in [6, 6.07) is 15.4. The molecular formula is C22H23N4O2+. The molecule has 1 aliphatic rings. The summed E-state index contributed by atoms with van der Waals surface area (Å²) in [5.41, 5.74) is 10.6. The first-order valence-electron chi connectivity index (χ1n) is 9.30. The number of hydrogen-bond acceptors (Lipinski definition) is 3. The van der Waals surface area contributed by atoms with Crippen molar-refractivity contribution >= 4 is 29.1 Å². The lowest BCUT2D eigenvalue weighted by Crippen LogP contribution is -2.68. The topological polar surface area (TPSA) is 94.1 Å². The van der Waals surface area contributed by atoms with E-state index >= 15 is 0 Å². The van der Waals surface area contributed by atoms with Gasteiger partial charge in [0, 0.05) is 34.7 Å². The van der Waals surface area contributed by atoms with Gasteiger partial charge in [-0.2, -0.15) is 5.10 Å². The Morgan fingerprint density at radius 3 is 2.96 bits per heavy atom. The number of carbonyl (C=O) groups excluding carboxylic acids is 1. The molecule has 28 heavy (non-hydrogen) atoms. The van der Waals surface area contributed by atoms with E-state index in [1.54, 1.807) is 6.21 Å². The Hall–Kier alpha value is -3.38. The smallest absolute Gasteiger partial charge is 0.298 e. The summed E-state index contributed by atoms with van der Waals surface area (Å²) in [4.78, 5) is 15.6. The van der Waals surface area contributed by atoms with Crippen LogP contribution in [0.25, 0.3) is 17.0 Å². The van der Waals surface area contributed by atoms with Crippen molar-refractivity contribution in [2.75, 3.05) is 0 Å². The second kappa shape index (κ2) is 7.70. The Morgan fingerprint density at radius 2 is 2.07 bits per heavy atom. The normalized spacial score (nSPS) is 17.1. The number of hydrogen-bond donors (Lipinski definition) is 3. The highest BCUT2D eigenvalue weighted by Gasteiger charge is 2.20. The molecule has 0 aliphatic carbocycles. The largest absolute Gasteiger partial charge is 0.485 e. The molecule has 2 atom stereocenters. The molecule has 0 saturated carbocycles. The molecule has 2 aromatic carbocycles. The van der Waals surface area contributed by atoms with Crippen LogP contribution in [-0.2, 0) is 11.2 Å². The van der Waals surface area contributed by atoms with E-state index in [9.17, 15) is 4.79 Å². The number of aromatic nitrogens is 1. The minimum absolute atomic E-state index is 0.127. The maximum atomic E-state index is 12.4. The lowest BCUT2D eigenvalue weighted by Gasteiger charge is -2.22. The highest BCUT2D eigenvalue weighted by Crippen LogP contribution is 2.28. The third-order valence-corrected chi connectivity index (χ3v) is 4.91. The highest BCUT2D eigenvalue weighted by atomic mass is 16.5. The number of hydrazone groups is 1. The summed E-state index contributed by atoms with van der Waals surface area (Å²) in [6.07, 6.45) is 6.00. The summed E-state index contributed by atoms with van der Waals surface area (Å²) in [5, 5.41) is 5.23. The van der Waals surface area contributed by atoms with Crippen LogP contribution in [0.2, 0.25) is 0 Å². The number of fused-ring (bicyclic) bond motifs is 2. The van der Waals surface area contributed by atoms with Crippen molar-refractivity contribution in [3.05, 3.63) is 71.4 Å². The van der Waals surface area contributed by atoms with Crippen molar-refractivity contribution in [1.82, 2.24) is 10.4 Å². The molecule has 5 N–H and O–H groups in total. The van der Waals surface area contributed by atoms with Gasteiger partial charge in [-0.3, -0.25) is 4.79 Å². The van der Waals surface area contributed by atoms with Gasteiger partial charge in [0.25, 0.3) is 5.91 Å². The van der Waals surface area contributed by atoms with Crippen molar-refractivity contribution in [1.29, 1.82) is 0 Å². The van der Waals surface area contributed by atoms with Crippen LogP contribution in [0.15, 0.2) is 65.4 Å². The Labute approximate surface area is 163 Å². The van der Waals surface area contributed by atoms with Gasteiger partial charge in [0.15, 0.2) is 6.04 Å². The van der Waals surface area contributed by atoms with E-state index < -0.39 is 6.04 Å². The molecule has 0 saturated heterocycles. The van der Waals surface area contributed by atoms with E-state index in [1.807, 2.05) is 67.7 Å². The van der Waals surface area contributed by atoms with Gasteiger partial charge in [-0.1, -0.05) is 36.4 Å². The van der Waals surface area contributed by atoms with Crippen LogP contribution in [0.4, 0.5) is 0 Å². The first kappa shape index (κ1) is 18.0. The van der Waals surface area contributed by atoms with Crippen molar-refractivity contribution in [3.63, 3.8) is 0 Å². The molecule has 6 heteroatoms. The van der Waals surface area contributed by atoms with E-state index in [0.29, 0.717) is 6.42 Å². The molecular weight excluding hydrogens is 352 g/mol. The number of H-pyrrole nitrogens is 1. The summed E-state index contributed by atoms with van der Waals surface area (Å²) in [5.74, 6) is 0.639. The SMILES string of the molecule is C[C@@H]1Oc2ccccc2C=C1/C=N\NC(=O)[C@@H]([NH3+])Cc1c[nH]c2ccccc12. The second-order valence-corrected chi connectivity index (χ2v) is 6.94. The number of ether oxygens (including phenoxy) is 1. The number of carbonyl (C=O) groups is 1. The van der Waals surface area contributed by atoms with Gasteiger partial charge in [-0.15, -0.1) is 0 Å². The fourth-order valence-corrected chi connectivity index (χ4v) is 3.33. The lowest BCUT2D eigenvalue weighted by molar-refractivity contribution is -0.403. The summed E-state index contributed by atoms with van der Waals surface area (Å²) in [6.45, 7) is 1.96. The van der Waals surface area contributed by atoms with Crippen molar-refractivity contribution in [3.8, 4) is 5.75 Å². The molecule has 0 radical (unpaired) electrons. The molecule has 0 unspecified atom stereocenters. The van der Waals surface area contributed by atoms with Gasteiger partial charge in [0.2, 0.25) is 0 Å². The quantitative estimate of drug-likeness (QED) is 0.471. The summed E-state index contributed by atoms with van der Waals surface area (Å²) in [7, 11) is 0. The van der Waals surface area contributed by atoms with Crippen LogP contribution in [0.3, 0.4) is 0 Å². The highest BCUT2D eigenvalue weighted by molar-refractivity contribution is 5.90. The van der Waals surface area contributed by atoms with E-state index in [4.69, 9.17) is 4.74 Å².